The first-order chi connectivity index (χ1) is 7.13. The molecular formula is C11H16ClNO3. The molecule has 1 aromatic rings. The van der Waals surface area contributed by atoms with E-state index < -0.39 is 0 Å². The molecule has 0 bridgehead atoms. The summed E-state index contributed by atoms with van der Waals surface area (Å²) >= 11 is 0. The number of halogens is 1. The molecule has 0 aliphatic heterocycles. The lowest BCUT2D eigenvalue weighted by molar-refractivity contribution is -0.146. The minimum atomic E-state index is -0.361. The molecule has 0 fully saturated rings. The number of phenolic OH excluding ortho intramolecular Hbond substituents is 1. The molecule has 4 nitrogen and oxygen atoms in total. The molecule has 90 valence electrons. The van der Waals surface area contributed by atoms with E-state index in [2.05, 4.69) is 5.32 Å². The summed E-state index contributed by atoms with van der Waals surface area (Å²) < 4.78 is 5.12. The second-order valence-corrected chi connectivity index (χ2v) is 3.25. The third-order valence-corrected chi connectivity index (χ3v) is 1.94. The Hall–Kier alpha value is -1.26. The maximum absolute atomic E-state index is 10.9. The molecule has 0 saturated carbocycles. The Balaban J connectivity index is 0.00000225. The van der Waals surface area contributed by atoms with E-state index in [4.69, 9.17) is 4.74 Å². The van der Waals surface area contributed by atoms with Crippen LogP contribution in [0, 0.1) is 0 Å². The van der Waals surface area contributed by atoms with Gasteiger partial charge in [0.25, 0.3) is 0 Å². The molecule has 0 amide bonds. The van der Waals surface area contributed by atoms with Crippen LogP contribution >= 0.6 is 12.4 Å². The van der Waals surface area contributed by atoms with Crippen molar-refractivity contribution in [2.45, 2.75) is 13.0 Å². The van der Waals surface area contributed by atoms with Gasteiger partial charge in [0.15, 0.2) is 0 Å². The van der Waals surface area contributed by atoms with Crippen molar-refractivity contribution in [3.05, 3.63) is 29.8 Å². The molecule has 0 aliphatic carbocycles. The van der Waals surface area contributed by atoms with Gasteiger partial charge in [0, 0.05) is 13.5 Å². The van der Waals surface area contributed by atoms with Crippen LogP contribution < -0.4 is 5.32 Å². The van der Waals surface area contributed by atoms with Crippen LogP contribution in [-0.4, -0.2) is 24.7 Å². The van der Waals surface area contributed by atoms with Crippen LogP contribution in [0.15, 0.2) is 24.3 Å². The summed E-state index contributed by atoms with van der Waals surface area (Å²) in [4.78, 5) is 10.9. The minimum Gasteiger partial charge on any atom is -0.508 e. The second kappa shape index (κ2) is 7.09. The average molecular weight is 246 g/mol. The van der Waals surface area contributed by atoms with Gasteiger partial charge in [-0.1, -0.05) is 12.1 Å². The van der Waals surface area contributed by atoms with Crippen molar-refractivity contribution in [1.29, 1.82) is 0 Å². The highest BCUT2D eigenvalue weighted by Crippen LogP contribution is 2.20. The van der Waals surface area contributed by atoms with Crippen molar-refractivity contribution in [1.82, 2.24) is 5.32 Å². The SMILES string of the molecule is CNC[C@H](OC(C)=O)c1cccc(O)c1.Cl. The predicted molar refractivity (Wildman–Crippen MR) is 63.8 cm³/mol. The zero-order valence-corrected chi connectivity index (χ0v) is 10.1. The fourth-order valence-corrected chi connectivity index (χ4v) is 1.34. The van der Waals surface area contributed by atoms with Crippen LogP contribution in [0.5, 0.6) is 5.75 Å². The molecule has 0 aliphatic rings. The lowest BCUT2D eigenvalue weighted by Gasteiger charge is -2.16. The molecular weight excluding hydrogens is 230 g/mol. The van der Waals surface area contributed by atoms with Crippen molar-refractivity contribution in [2.75, 3.05) is 13.6 Å². The number of carbonyl (C=O) groups excluding carboxylic acids is 1. The number of esters is 1. The van der Waals surface area contributed by atoms with Crippen molar-refractivity contribution in [3.8, 4) is 5.75 Å². The normalized spacial score (nSPS) is 11.4. The first kappa shape index (κ1) is 14.7. The smallest absolute Gasteiger partial charge is 0.303 e. The molecule has 0 heterocycles. The number of hydrogen-bond acceptors (Lipinski definition) is 4. The maximum Gasteiger partial charge on any atom is 0.303 e. The highest BCUT2D eigenvalue weighted by Gasteiger charge is 2.13. The molecule has 16 heavy (non-hydrogen) atoms. The van der Waals surface area contributed by atoms with E-state index in [1.165, 1.54) is 6.92 Å². The van der Waals surface area contributed by atoms with Crippen molar-refractivity contribution in [2.24, 2.45) is 0 Å². The van der Waals surface area contributed by atoms with E-state index >= 15 is 0 Å². The molecule has 0 spiro atoms. The summed E-state index contributed by atoms with van der Waals surface area (Å²) in [6.07, 6.45) is -0.361. The lowest BCUT2D eigenvalue weighted by atomic mass is 10.1. The number of rotatable bonds is 4. The monoisotopic (exact) mass is 245 g/mol. The molecule has 0 aromatic heterocycles. The van der Waals surface area contributed by atoms with Crippen LogP contribution in [0.25, 0.3) is 0 Å². The number of nitrogens with one attached hydrogen (secondary N) is 1. The van der Waals surface area contributed by atoms with E-state index in [0.717, 1.165) is 5.56 Å². The number of ether oxygens (including phenoxy) is 1. The van der Waals surface area contributed by atoms with E-state index in [-0.39, 0.29) is 30.2 Å². The first-order valence-corrected chi connectivity index (χ1v) is 4.74. The molecule has 2 N–H and O–H groups in total. The summed E-state index contributed by atoms with van der Waals surface area (Å²) in [7, 11) is 1.78. The van der Waals surface area contributed by atoms with Gasteiger partial charge in [-0.25, -0.2) is 0 Å². The molecule has 1 aromatic carbocycles. The van der Waals surface area contributed by atoms with Crippen LogP contribution in [0.4, 0.5) is 0 Å². The van der Waals surface area contributed by atoms with Crippen LogP contribution in [0.2, 0.25) is 0 Å². The number of carbonyl (C=O) groups is 1. The highest BCUT2D eigenvalue weighted by molar-refractivity contribution is 5.85. The molecule has 5 heteroatoms. The predicted octanol–water partition coefficient (Wildman–Crippen LogP) is 1.64. The number of phenols is 1. The highest BCUT2D eigenvalue weighted by atomic mass is 35.5. The van der Waals surface area contributed by atoms with E-state index in [0.29, 0.717) is 6.54 Å². The number of likely N-dealkylation sites (N-methyl/N-ethyl adjacent to an activating group) is 1. The van der Waals surface area contributed by atoms with Gasteiger partial charge in [-0.2, -0.15) is 0 Å². The Morgan fingerprint density at radius 3 is 2.75 bits per heavy atom. The number of benzene rings is 1. The van der Waals surface area contributed by atoms with Crippen molar-refractivity contribution in [3.63, 3.8) is 0 Å². The standard InChI is InChI=1S/C11H15NO3.ClH/c1-8(13)15-11(7-12-2)9-4-3-5-10(14)6-9;/h3-6,11-12,14H,7H2,1-2H3;1H/t11-;/m0./s1. The van der Waals surface area contributed by atoms with E-state index in [1.54, 1.807) is 25.2 Å². The Morgan fingerprint density at radius 1 is 1.56 bits per heavy atom. The summed E-state index contributed by atoms with van der Waals surface area (Å²) in [5.41, 5.74) is 0.777. The molecule has 0 saturated heterocycles. The van der Waals surface area contributed by atoms with Crippen LogP contribution in [0.3, 0.4) is 0 Å². The van der Waals surface area contributed by atoms with Crippen molar-refractivity contribution < 1.29 is 14.6 Å². The third-order valence-electron chi connectivity index (χ3n) is 1.94. The molecule has 1 atom stereocenters. The first-order valence-electron chi connectivity index (χ1n) is 4.74. The topological polar surface area (TPSA) is 58.6 Å². The summed E-state index contributed by atoms with van der Waals surface area (Å²) in [5, 5.41) is 12.2. The van der Waals surface area contributed by atoms with E-state index in [9.17, 15) is 9.90 Å². The Morgan fingerprint density at radius 2 is 2.25 bits per heavy atom. The average Bonchev–Trinajstić information content (AvgIpc) is 2.16. The lowest BCUT2D eigenvalue weighted by Crippen LogP contribution is -2.21. The van der Waals surface area contributed by atoms with Crippen LogP contribution in [0.1, 0.15) is 18.6 Å². The van der Waals surface area contributed by atoms with Gasteiger partial charge in [0.05, 0.1) is 0 Å². The Labute approximate surface area is 101 Å². The van der Waals surface area contributed by atoms with Gasteiger partial charge < -0.3 is 15.2 Å². The van der Waals surface area contributed by atoms with Gasteiger partial charge in [-0.3, -0.25) is 4.79 Å². The van der Waals surface area contributed by atoms with Gasteiger partial charge in [-0.05, 0) is 24.7 Å². The van der Waals surface area contributed by atoms with Gasteiger partial charge >= 0.3 is 5.97 Å². The fourth-order valence-electron chi connectivity index (χ4n) is 1.34. The molecule has 1 rings (SSSR count). The minimum absolute atomic E-state index is 0. The van der Waals surface area contributed by atoms with E-state index in [1.807, 2.05) is 6.07 Å². The maximum atomic E-state index is 10.9. The third kappa shape index (κ3) is 4.51. The Bertz CT molecular complexity index is 344. The zero-order valence-electron chi connectivity index (χ0n) is 9.27. The quantitative estimate of drug-likeness (QED) is 0.792. The fraction of sp³-hybridized carbons (Fsp3) is 0.364. The zero-order chi connectivity index (χ0) is 11.3. The summed E-state index contributed by atoms with van der Waals surface area (Å²) in [5.74, 6) is -0.167. The van der Waals surface area contributed by atoms with Crippen molar-refractivity contribution >= 4 is 18.4 Å². The Kier molecular flexibility index (Phi) is 6.53. The van der Waals surface area contributed by atoms with Gasteiger partial charge in [0.2, 0.25) is 0 Å². The summed E-state index contributed by atoms with van der Waals surface area (Å²) in [6, 6.07) is 6.69. The van der Waals surface area contributed by atoms with Crippen LogP contribution in [-0.2, 0) is 9.53 Å². The largest absolute Gasteiger partial charge is 0.508 e. The van der Waals surface area contributed by atoms with Gasteiger partial charge in [0.1, 0.15) is 11.9 Å². The number of hydrogen-bond donors (Lipinski definition) is 2. The molecule has 0 radical (unpaired) electrons. The summed E-state index contributed by atoms with van der Waals surface area (Å²) in [6.45, 7) is 1.88. The number of aromatic hydroxyl groups is 1. The second-order valence-electron chi connectivity index (χ2n) is 3.25. The van der Waals surface area contributed by atoms with Gasteiger partial charge in [-0.15, -0.1) is 12.4 Å². The molecule has 0 unspecified atom stereocenters.